The first kappa shape index (κ1) is 14.4. The van der Waals surface area contributed by atoms with Crippen molar-refractivity contribution in [2.45, 2.75) is 19.5 Å². The summed E-state index contributed by atoms with van der Waals surface area (Å²) in [4.78, 5) is 1.99. The molecule has 1 aliphatic rings. The Bertz CT molecular complexity index is 546. The maximum Gasteiger partial charge on any atom is 0.151 e. The molecule has 2 rings (SSSR count). The summed E-state index contributed by atoms with van der Waals surface area (Å²) < 4.78 is 36.9. The van der Waals surface area contributed by atoms with Crippen LogP contribution in [0.1, 0.15) is 17.5 Å². The van der Waals surface area contributed by atoms with Crippen LogP contribution in [0, 0.1) is 5.82 Å². The smallest absolute Gasteiger partial charge is 0.151 e. The second-order valence-electron chi connectivity index (χ2n) is 4.91. The van der Waals surface area contributed by atoms with Crippen molar-refractivity contribution >= 4 is 9.84 Å². The molecule has 0 unspecified atom stereocenters. The summed E-state index contributed by atoms with van der Waals surface area (Å²) in [6.45, 7) is 1.93. The fraction of sp³-hybridized carbons (Fsp3) is 0.538. The van der Waals surface area contributed by atoms with E-state index in [4.69, 9.17) is 5.73 Å². The first-order valence-corrected chi connectivity index (χ1v) is 8.22. The number of halogens is 1. The third-order valence-corrected chi connectivity index (χ3v) is 5.11. The van der Waals surface area contributed by atoms with Crippen molar-refractivity contribution in [3.05, 3.63) is 35.1 Å². The van der Waals surface area contributed by atoms with Gasteiger partial charge in [-0.05, 0) is 24.6 Å². The minimum atomic E-state index is -2.92. The summed E-state index contributed by atoms with van der Waals surface area (Å²) in [5.41, 5.74) is 6.82. The average molecular weight is 286 g/mol. The van der Waals surface area contributed by atoms with Gasteiger partial charge in [-0.2, -0.15) is 0 Å². The van der Waals surface area contributed by atoms with Crippen molar-refractivity contribution in [1.82, 2.24) is 4.90 Å². The number of hydrogen-bond donors (Lipinski definition) is 1. The molecule has 1 fully saturated rings. The number of sulfone groups is 1. The van der Waals surface area contributed by atoms with Crippen LogP contribution in [-0.4, -0.2) is 37.9 Å². The molecule has 6 heteroatoms. The normalized spacial score (nSPS) is 20.1. The van der Waals surface area contributed by atoms with Gasteiger partial charge in [0, 0.05) is 25.2 Å². The maximum absolute atomic E-state index is 13.8. The SMILES string of the molecule is NCc1ccc(CN2CCCS(=O)(=O)CC2)c(F)c1. The Labute approximate surface area is 113 Å². The second kappa shape index (κ2) is 5.98. The predicted octanol–water partition coefficient (Wildman–Crippen LogP) is 0.905. The van der Waals surface area contributed by atoms with Crippen LogP contribution in [0.25, 0.3) is 0 Å². The summed E-state index contributed by atoms with van der Waals surface area (Å²) in [7, 11) is -2.92. The monoisotopic (exact) mass is 286 g/mol. The van der Waals surface area contributed by atoms with Gasteiger partial charge in [-0.25, -0.2) is 12.8 Å². The van der Waals surface area contributed by atoms with Gasteiger partial charge in [0.15, 0.2) is 9.84 Å². The predicted molar refractivity (Wildman–Crippen MR) is 72.8 cm³/mol. The third-order valence-electron chi connectivity index (χ3n) is 3.40. The van der Waals surface area contributed by atoms with E-state index >= 15 is 0 Å². The van der Waals surface area contributed by atoms with Gasteiger partial charge < -0.3 is 5.73 Å². The molecule has 1 aromatic rings. The first-order chi connectivity index (χ1) is 9.00. The quantitative estimate of drug-likeness (QED) is 0.897. The largest absolute Gasteiger partial charge is 0.326 e. The third kappa shape index (κ3) is 3.99. The number of benzene rings is 1. The molecule has 0 spiro atoms. The Kier molecular flexibility index (Phi) is 4.54. The highest BCUT2D eigenvalue weighted by Gasteiger charge is 2.19. The van der Waals surface area contributed by atoms with Gasteiger partial charge in [-0.1, -0.05) is 12.1 Å². The summed E-state index contributed by atoms with van der Waals surface area (Å²) >= 11 is 0. The zero-order valence-corrected chi connectivity index (χ0v) is 11.6. The van der Waals surface area contributed by atoms with E-state index in [-0.39, 0.29) is 17.3 Å². The summed E-state index contributed by atoms with van der Waals surface area (Å²) in [6.07, 6.45) is 0.616. The van der Waals surface area contributed by atoms with Crippen LogP contribution < -0.4 is 5.73 Å². The van der Waals surface area contributed by atoms with Gasteiger partial charge in [-0.15, -0.1) is 0 Å². The van der Waals surface area contributed by atoms with Crippen LogP contribution in [0.3, 0.4) is 0 Å². The lowest BCUT2D eigenvalue weighted by molar-refractivity contribution is 0.283. The molecule has 4 nitrogen and oxygen atoms in total. The highest BCUT2D eigenvalue weighted by Crippen LogP contribution is 2.15. The van der Waals surface area contributed by atoms with Crippen LogP contribution >= 0.6 is 0 Å². The van der Waals surface area contributed by atoms with E-state index < -0.39 is 9.84 Å². The molecule has 2 N–H and O–H groups in total. The van der Waals surface area contributed by atoms with Crippen LogP contribution in [-0.2, 0) is 22.9 Å². The van der Waals surface area contributed by atoms with E-state index in [0.29, 0.717) is 38.2 Å². The molecule has 106 valence electrons. The molecular weight excluding hydrogens is 267 g/mol. The molecule has 19 heavy (non-hydrogen) atoms. The molecule has 0 aliphatic carbocycles. The van der Waals surface area contributed by atoms with Crippen molar-refractivity contribution < 1.29 is 12.8 Å². The minimum Gasteiger partial charge on any atom is -0.326 e. The lowest BCUT2D eigenvalue weighted by atomic mass is 10.1. The fourth-order valence-corrected chi connectivity index (χ4v) is 3.54. The van der Waals surface area contributed by atoms with Crippen molar-refractivity contribution in [2.24, 2.45) is 5.73 Å². The Morgan fingerprint density at radius 2 is 2.05 bits per heavy atom. The molecule has 0 saturated carbocycles. The minimum absolute atomic E-state index is 0.162. The van der Waals surface area contributed by atoms with Gasteiger partial charge in [0.1, 0.15) is 5.82 Å². The van der Waals surface area contributed by atoms with Crippen LogP contribution in [0.15, 0.2) is 18.2 Å². The molecule has 0 bridgehead atoms. The molecule has 1 saturated heterocycles. The Morgan fingerprint density at radius 1 is 1.26 bits per heavy atom. The molecule has 0 atom stereocenters. The van der Waals surface area contributed by atoms with Crippen LogP contribution in [0.2, 0.25) is 0 Å². The molecule has 0 radical (unpaired) electrons. The van der Waals surface area contributed by atoms with Crippen molar-refractivity contribution in [1.29, 1.82) is 0 Å². The maximum atomic E-state index is 13.8. The van der Waals surface area contributed by atoms with Crippen LogP contribution in [0.4, 0.5) is 4.39 Å². The fourth-order valence-electron chi connectivity index (χ4n) is 2.24. The van der Waals surface area contributed by atoms with E-state index in [1.807, 2.05) is 11.0 Å². The van der Waals surface area contributed by atoms with Gasteiger partial charge in [-0.3, -0.25) is 4.90 Å². The number of nitrogens with zero attached hydrogens (tertiary/aromatic N) is 1. The van der Waals surface area contributed by atoms with E-state index in [2.05, 4.69) is 0 Å². The number of rotatable bonds is 3. The lowest BCUT2D eigenvalue weighted by Gasteiger charge is -2.19. The van der Waals surface area contributed by atoms with E-state index in [1.165, 1.54) is 6.07 Å². The number of hydrogen-bond acceptors (Lipinski definition) is 4. The number of nitrogens with two attached hydrogens (primary N) is 1. The van der Waals surface area contributed by atoms with Gasteiger partial charge in [0.05, 0.1) is 11.5 Å². The van der Waals surface area contributed by atoms with Crippen LogP contribution in [0.5, 0.6) is 0 Å². The summed E-state index contributed by atoms with van der Waals surface area (Å²) in [5.74, 6) is 0.128. The van der Waals surface area contributed by atoms with Gasteiger partial charge in [0.25, 0.3) is 0 Å². The topological polar surface area (TPSA) is 63.4 Å². The Balaban J connectivity index is 2.05. The Hall–Kier alpha value is -0.980. The summed E-state index contributed by atoms with van der Waals surface area (Å²) in [6, 6.07) is 4.99. The zero-order valence-electron chi connectivity index (χ0n) is 10.8. The zero-order chi connectivity index (χ0) is 13.9. The van der Waals surface area contributed by atoms with Crippen molar-refractivity contribution in [3.63, 3.8) is 0 Å². The second-order valence-corrected chi connectivity index (χ2v) is 7.22. The highest BCUT2D eigenvalue weighted by atomic mass is 32.2. The average Bonchev–Trinajstić information content (AvgIpc) is 2.53. The van der Waals surface area contributed by atoms with E-state index in [0.717, 1.165) is 5.56 Å². The molecule has 0 amide bonds. The Morgan fingerprint density at radius 3 is 2.74 bits per heavy atom. The van der Waals surface area contributed by atoms with E-state index in [1.54, 1.807) is 6.07 Å². The van der Waals surface area contributed by atoms with Crippen molar-refractivity contribution in [3.8, 4) is 0 Å². The van der Waals surface area contributed by atoms with E-state index in [9.17, 15) is 12.8 Å². The lowest BCUT2D eigenvalue weighted by Crippen LogP contribution is -2.27. The van der Waals surface area contributed by atoms with Gasteiger partial charge >= 0.3 is 0 Å². The molecule has 1 heterocycles. The first-order valence-electron chi connectivity index (χ1n) is 6.40. The molecular formula is C13H19FN2O2S. The highest BCUT2D eigenvalue weighted by molar-refractivity contribution is 7.91. The standard InChI is InChI=1S/C13H19FN2O2S/c14-13-8-11(9-15)2-3-12(13)10-16-4-1-6-19(17,18)7-5-16/h2-3,8H,1,4-7,9-10,15H2. The summed E-state index contributed by atoms with van der Waals surface area (Å²) in [5, 5.41) is 0. The van der Waals surface area contributed by atoms with Gasteiger partial charge in [0.2, 0.25) is 0 Å². The molecule has 1 aromatic carbocycles. The molecule has 0 aromatic heterocycles. The molecule has 1 aliphatic heterocycles. The van der Waals surface area contributed by atoms with Crippen molar-refractivity contribution in [2.75, 3.05) is 24.6 Å².